The summed E-state index contributed by atoms with van der Waals surface area (Å²) in [4.78, 5) is 10.2. The molecule has 0 saturated carbocycles. The Morgan fingerprint density at radius 2 is 1.96 bits per heavy atom. The van der Waals surface area contributed by atoms with Crippen molar-refractivity contribution in [1.82, 2.24) is 0 Å². The number of halogens is 1. The Kier molecular flexibility index (Phi) is 7.16. The molecular formula is C18H18BrN3O4. The zero-order valence-electron chi connectivity index (χ0n) is 14.1. The van der Waals surface area contributed by atoms with Crippen LogP contribution in [0.15, 0.2) is 58.6 Å². The number of ether oxygens (including phenoxy) is 2. The van der Waals surface area contributed by atoms with Crippen molar-refractivity contribution in [3.63, 3.8) is 0 Å². The molecule has 0 atom stereocenters. The first-order valence-electron chi connectivity index (χ1n) is 7.78. The molecule has 0 aliphatic heterocycles. The molecule has 26 heavy (non-hydrogen) atoms. The number of hydrogen-bond donors (Lipinski definition) is 1. The smallest absolute Gasteiger partial charge is 0.269 e. The molecule has 0 aliphatic carbocycles. The molecule has 2 aromatic carbocycles. The maximum atomic E-state index is 10.7. The Labute approximate surface area is 159 Å². The first-order chi connectivity index (χ1) is 12.5. The van der Waals surface area contributed by atoms with Gasteiger partial charge in [0.25, 0.3) is 5.69 Å². The molecule has 0 spiro atoms. The lowest BCUT2D eigenvalue weighted by Gasteiger charge is -2.12. The van der Waals surface area contributed by atoms with Crippen molar-refractivity contribution in [3.8, 4) is 11.5 Å². The molecular weight excluding hydrogens is 402 g/mol. The lowest BCUT2D eigenvalue weighted by molar-refractivity contribution is -0.384. The first-order valence-corrected chi connectivity index (χ1v) is 8.58. The second-order valence-corrected chi connectivity index (χ2v) is 5.88. The maximum absolute atomic E-state index is 10.7. The van der Waals surface area contributed by atoms with Gasteiger partial charge in [-0.3, -0.25) is 15.5 Å². The zero-order valence-corrected chi connectivity index (χ0v) is 15.7. The zero-order chi connectivity index (χ0) is 18.9. The van der Waals surface area contributed by atoms with Crippen LogP contribution in [0, 0.1) is 10.1 Å². The SMILES string of the molecule is C=CCOc1cc(Br)c(C=NNc2ccc([N+](=O)[O-])cc2)cc1OCC. The Morgan fingerprint density at radius 3 is 2.58 bits per heavy atom. The Bertz CT molecular complexity index is 807. The van der Waals surface area contributed by atoms with E-state index in [1.165, 1.54) is 12.1 Å². The van der Waals surface area contributed by atoms with E-state index in [4.69, 9.17) is 9.47 Å². The van der Waals surface area contributed by atoms with E-state index in [9.17, 15) is 10.1 Å². The highest BCUT2D eigenvalue weighted by molar-refractivity contribution is 9.10. The van der Waals surface area contributed by atoms with Crippen LogP contribution in [-0.2, 0) is 0 Å². The topological polar surface area (TPSA) is 86.0 Å². The fraction of sp³-hybridized carbons (Fsp3) is 0.167. The predicted molar refractivity (Wildman–Crippen MR) is 105 cm³/mol. The van der Waals surface area contributed by atoms with Crippen LogP contribution in [0.2, 0.25) is 0 Å². The molecule has 0 saturated heterocycles. The van der Waals surface area contributed by atoms with Crippen LogP contribution in [0.25, 0.3) is 0 Å². The monoisotopic (exact) mass is 419 g/mol. The van der Waals surface area contributed by atoms with Crippen molar-refractivity contribution >= 4 is 33.5 Å². The van der Waals surface area contributed by atoms with Crippen molar-refractivity contribution in [2.45, 2.75) is 6.92 Å². The van der Waals surface area contributed by atoms with Crippen LogP contribution in [0.4, 0.5) is 11.4 Å². The molecule has 0 unspecified atom stereocenters. The molecule has 0 heterocycles. The van der Waals surface area contributed by atoms with Crippen LogP contribution in [0.3, 0.4) is 0 Å². The van der Waals surface area contributed by atoms with Crippen molar-refractivity contribution in [2.75, 3.05) is 18.6 Å². The fourth-order valence-corrected chi connectivity index (χ4v) is 2.44. The Hall–Kier alpha value is -2.87. The third-order valence-electron chi connectivity index (χ3n) is 3.19. The van der Waals surface area contributed by atoms with Crippen molar-refractivity contribution in [1.29, 1.82) is 0 Å². The summed E-state index contributed by atoms with van der Waals surface area (Å²) in [5, 5.41) is 14.8. The largest absolute Gasteiger partial charge is 0.490 e. The summed E-state index contributed by atoms with van der Waals surface area (Å²) in [7, 11) is 0. The summed E-state index contributed by atoms with van der Waals surface area (Å²) in [5.41, 5.74) is 4.28. The number of nitrogens with one attached hydrogen (secondary N) is 1. The third kappa shape index (κ3) is 5.32. The standard InChI is InChI=1S/C18H18BrN3O4/c1-3-9-26-18-11-16(19)13(10-17(18)25-4-2)12-20-21-14-5-7-15(8-6-14)22(23)24/h3,5-8,10-12,21H,1,4,9H2,2H3. The van der Waals surface area contributed by atoms with E-state index >= 15 is 0 Å². The molecule has 2 aromatic rings. The second-order valence-electron chi connectivity index (χ2n) is 5.03. The van der Waals surface area contributed by atoms with Gasteiger partial charge < -0.3 is 9.47 Å². The highest BCUT2D eigenvalue weighted by atomic mass is 79.9. The van der Waals surface area contributed by atoms with Gasteiger partial charge in [-0.15, -0.1) is 0 Å². The number of rotatable bonds is 9. The van der Waals surface area contributed by atoms with Crippen LogP contribution < -0.4 is 14.9 Å². The fourth-order valence-electron chi connectivity index (χ4n) is 2.01. The van der Waals surface area contributed by atoms with E-state index in [1.54, 1.807) is 24.4 Å². The number of nitro groups is 1. The van der Waals surface area contributed by atoms with Gasteiger partial charge in [-0.05, 0) is 47.1 Å². The highest BCUT2D eigenvalue weighted by Gasteiger charge is 2.10. The Morgan fingerprint density at radius 1 is 1.27 bits per heavy atom. The minimum atomic E-state index is -0.449. The predicted octanol–water partition coefficient (Wildman–Crippen LogP) is 4.77. The van der Waals surface area contributed by atoms with Crippen molar-refractivity contribution in [2.24, 2.45) is 5.10 Å². The lowest BCUT2D eigenvalue weighted by atomic mass is 10.2. The number of nitro benzene ring substituents is 1. The van der Waals surface area contributed by atoms with Gasteiger partial charge >= 0.3 is 0 Å². The molecule has 0 fully saturated rings. The minimum absolute atomic E-state index is 0.0266. The minimum Gasteiger partial charge on any atom is -0.490 e. The average molecular weight is 420 g/mol. The highest BCUT2D eigenvalue weighted by Crippen LogP contribution is 2.33. The lowest BCUT2D eigenvalue weighted by Crippen LogP contribution is -2.01. The molecule has 136 valence electrons. The third-order valence-corrected chi connectivity index (χ3v) is 3.88. The van der Waals surface area contributed by atoms with Crippen LogP contribution >= 0.6 is 15.9 Å². The number of hydrazone groups is 1. The summed E-state index contributed by atoms with van der Waals surface area (Å²) in [6.07, 6.45) is 3.28. The van der Waals surface area contributed by atoms with E-state index < -0.39 is 4.92 Å². The summed E-state index contributed by atoms with van der Waals surface area (Å²) in [6, 6.07) is 9.61. The summed E-state index contributed by atoms with van der Waals surface area (Å²) < 4.78 is 12.0. The molecule has 0 aromatic heterocycles. The van der Waals surface area contributed by atoms with E-state index in [0.717, 1.165) is 10.0 Å². The Balaban J connectivity index is 2.14. The van der Waals surface area contributed by atoms with E-state index in [0.29, 0.717) is 30.4 Å². The van der Waals surface area contributed by atoms with Gasteiger partial charge in [0.2, 0.25) is 0 Å². The van der Waals surface area contributed by atoms with Gasteiger partial charge in [0.1, 0.15) is 6.61 Å². The van der Waals surface area contributed by atoms with Crippen LogP contribution in [-0.4, -0.2) is 24.4 Å². The van der Waals surface area contributed by atoms with Gasteiger partial charge in [0.05, 0.1) is 23.4 Å². The van der Waals surface area contributed by atoms with Crippen molar-refractivity contribution in [3.05, 3.63) is 69.2 Å². The van der Waals surface area contributed by atoms with E-state index in [1.807, 2.05) is 19.1 Å². The van der Waals surface area contributed by atoms with Crippen LogP contribution in [0.1, 0.15) is 12.5 Å². The van der Waals surface area contributed by atoms with E-state index in [-0.39, 0.29) is 5.69 Å². The van der Waals surface area contributed by atoms with Crippen LogP contribution in [0.5, 0.6) is 11.5 Å². The number of non-ortho nitro benzene ring substituents is 1. The average Bonchev–Trinajstić information content (AvgIpc) is 2.63. The van der Waals surface area contributed by atoms with Gasteiger partial charge in [-0.25, -0.2) is 0 Å². The number of benzene rings is 2. The summed E-state index contributed by atoms with van der Waals surface area (Å²) in [6.45, 7) is 6.40. The van der Waals surface area contributed by atoms with Gasteiger partial charge in [0.15, 0.2) is 11.5 Å². The molecule has 0 radical (unpaired) electrons. The first kappa shape index (κ1) is 19.5. The quantitative estimate of drug-likeness (QED) is 0.274. The molecule has 8 heteroatoms. The van der Waals surface area contributed by atoms with Gasteiger partial charge in [-0.1, -0.05) is 12.7 Å². The van der Waals surface area contributed by atoms with Gasteiger partial charge in [0, 0.05) is 22.2 Å². The molecule has 0 amide bonds. The molecule has 0 bridgehead atoms. The van der Waals surface area contributed by atoms with Crippen molar-refractivity contribution < 1.29 is 14.4 Å². The summed E-state index contributed by atoms with van der Waals surface area (Å²) in [5.74, 6) is 1.22. The van der Waals surface area contributed by atoms with Gasteiger partial charge in [-0.2, -0.15) is 5.10 Å². The van der Waals surface area contributed by atoms with E-state index in [2.05, 4.69) is 33.0 Å². The number of anilines is 1. The maximum Gasteiger partial charge on any atom is 0.269 e. The molecule has 7 nitrogen and oxygen atoms in total. The molecule has 2 rings (SSSR count). The molecule has 1 N–H and O–H groups in total. The molecule has 0 aliphatic rings. The number of nitrogens with zero attached hydrogens (tertiary/aromatic N) is 2. The summed E-state index contributed by atoms with van der Waals surface area (Å²) >= 11 is 3.48. The second kappa shape index (κ2) is 9.57. The number of hydrogen-bond acceptors (Lipinski definition) is 6. The normalized spacial score (nSPS) is 10.5.